The molecule has 0 amide bonds. The number of rotatable bonds is 7. The molecule has 0 aliphatic carbocycles. The van der Waals surface area contributed by atoms with Crippen LogP contribution in [0.25, 0.3) is 0 Å². The first-order valence-corrected chi connectivity index (χ1v) is 11.5. The molecule has 166 valence electrons. The summed E-state index contributed by atoms with van der Waals surface area (Å²) in [6.45, 7) is 5.70. The Bertz CT molecular complexity index is 765. The van der Waals surface area contributed by atoms with Crippen LogP contribution in [-0.2, 0) is 26.1 Å². The average molecular weight is 460 g/mol. The predicted molar refractivity (Wildman–Crippen MR) is 100.0 cm³/mol. The van der Waals surface area contributed by atoms with Crippen LogP contribution in [0.2, 0.25) is 0 Å². The highest BCUT2D eigenvalue weighted by Gasteiger charge is 2.52. The summed E-state index contributed by atoms with van der Waals surface area (Å²) in [7, 11) is -3.09. The molecule has 2 saturated heterocycles. The van der Waals surface area contributed by atoms with Gasteiger partial charge in [-0.1, -0.05) is 0 Å². The number of alkyl halides is 3. The van der Waals surface area contributed by atoms with E-state index in [1.165, 1.54) is 0 Å². The molecule has 0 saturated carbocycles. The molecule has 2 aliphatic heterocycles. The fourth-order valence-corrected chi connectivity index (χ4v) is 4.67. The van der Waals surface area contributed by atoms with Crippen molar-refractivity contribution in [3.63, 3.8) is 0 Å². The summed E-state index contributed by atoms with van der Waals surface area (Å²) < 4.78 is 63.4. The molecule has 29 heavy (non-hydrogen) atoms. The van der Waals surface area contributed by atoms with Gasteiger partial charge >= 0.3 is 12.1 Å². The number of aliphatic carboxylic acids is 1. The monoisotopic (exact) mass is 459 g/mol. The molecule has 1 aromatic rings. The van der Waals surface area contributed by atoms with Crippen LogP contribution in [0.4, 0.5) is 13.2 Å². The molecule has 1 unspecified atom stereocenters. The van der Waals surface area contributed by atoms with Crippen LogP contribution in [0, 0.1) is 5.92 Å². The van der Waals surface area contributed by atoms with E-state index in [2.05, 4.69) is 14.6 Å². The molecule has 3 heterocycles. The molecule has 2 aliphatic rings. The van der Waals surface area contributed by atoms with Gasteiger partial charge in [0.2, 0.25) is 10.0 Å². The van der Waals surface area contributed by atoms with Gasteiger partial charge in [-0.05, 0) is 25.7 Å². The number of carbonyl (C=O) groups is 1. The van der Waals surface area contributed by atoms with Gasteiger partial charge in [0.25, 0.3) is 0 Å². The quantitative estimate of drug-likeness (QED) is 0.639. The molecule has 1 aromatic heterocycles. The number of likely N-dealkylation sites (tertiary alicyclic amines) is 1. The summed E-state index contributed by atoms with van der Waals surface area (Å²) in [5.41, 5.74) is -0.0606. The second-order valence-electron chi connectivity index (χ2n) is 6.86. The number of aromatic nitrogens is 1. The van der Waals surface area contributed by atoms with Gasteiger partial charge in [0.1, 0.15) is 5.01 Å². The molecule has 1 spiro atoms. The van der Waals surface area contributed by atoms with E-state index in [1.54, 1.807) is 18.3 Å². The third-order valence-electron chi connectivity index (χ3n) is 4.86. The van der Waals surface area contributed by atoms with Crippen LogP contribution in [0.5, 0.6) is 0 Å². The zero-order valence-electron chi connectivity index (χ0n) is 15.8. The zero-order valence-corrected chi connectivity index (χ0v) is 17.4. The van der Waals surface area contributed by atoms with E-state index >= 15 is 0 Å². The molecule has 8 nitrogen and oxygen atoms in total. The summed E-state index contributed by atoms with van der Waals surface area (Å²) in [6, 6.07) is 0. The maximum atomic E-state index is 11.5. The predicted octanol–water partition coefficient (Wildman–Crippen LogP) is 1.70. The van der Waals surface area contributed by atoms with Crippen molar-refractivity contribution in [2.24, 2.45) is 5.92 Å². The molecule has 2 fully saturated rings. The minimum Gasteiger partial charge on any atom is -0.475 e. The number of carboxylic acids is 1. The summed E-state index contributed by atoms with van der Waals surface area (Å²) in [5, 5.41) is 10.3. The van der Waals surface area contributed by atoms with E-state index in [0.29, 0.717) is 12.5 Å². The second kappa shape index (κ2) is 9.69. The fraction of sp³-hybridized carbons (Fsp3) is 0.750. The van der Waals surface area contributed by atoms with E-state index in [4.69, 9.17) is 14.6 Å². The van der Waals surface area contributed by atoms with Crippen molar-refractivity contribution in [2.75, 3.05) is 32.0 Å². The van der Waals surface area contributed by atoms with Crippen molar-refractivity contribution >= 4 is 27.3 Å². The Morgan fingerprint density at radius 1 is 1.48 bits per heavy atom. The smallest absolute Gasteiger partial charge is 0.475 e. The van der Waals surface area contributed by atoms with Crippen molar-refractivity contribution in [3.8, 4) is 0 Å². The van der Waals surface area contributed by atoms with Gasteiger partial charge < -0.3 is 9.84 Å². The number of nitrogens with one attached hydrogen (secondary N) is 1. The van der Waals surface area contributed by atoms with Gasteiger partial charge in [0.05, 0.1) is 17.9 Å². The molecule has 0 radical (unpaired) electrons. The van der Waals surface area contributed by atoms with Crippen molar-refractivity contribution < 1.29 is 36.2 Å². The van der Waals surface area contributed by atoms with Gasteiger partial charge in [-0.2, -0.15) is 13.2 Å². The van der Waals surface area contributed by atoms with Gasteiger partial charge in [-0.25, -0.2) is 22.9 Å². The highest BCUT2D eigenvalue weighted by molar-refractivity contribution is 7.89. The average Bonchev–Trinajstić information content (AvgIpc) is 3.24. The summed E-state index contributed by atoms with van der Waals surface area (Å²) in [5.74, 6) is -2.17. The first-order valence-electron chi connectivity index (χ1n) is 8.99. The van der Waals surface area contributed by atoms with Crippen LogP contribution in [-0.4, -0.2) is 73.1 Å². The van der Waals surface area contributed by atoms with Crippen LogP contribution >= 0.6 is 11.3 Å². The number of sulfonamides is 1. The minimum atomic E-state index is -5.08. The molecule has 0 aromatic carbocycles. The van der Waals surface area contributed by atoms with Gasteiger partial charge in [-0.15, -0.1) is 11.3 Å². The van der Waals surface area contributed by atoms with Crippen LogP contribution in [0.15, 0.2) is 11.6 Å². The third kappa shape index (κ3) is 6.88. The first-order chi connectivity index (χ1) is 13.5. The van der Waals surface area contributed by atoms with Crippen LogP contribution in [0.1, 0.15) is 24.8 Å². The van der Waals surface area contributed by atoms with Crippen molar-refractivity contribution in [3.05, 3.63) is 16.6 Å². The molecule has 2 N–H and O–H groups in total. The maximum Gasteiger partial charge on any atom is 0.490 e. The maximum absolute atomic E-state index is 11.5. The number of nitrogens with zero attached hydrogens (tertiary/aromatic N) is 2. The summed E-state index contributed by atoms with van der Waals surface area (Å²) in [4.78, 5) is 15.6. The van der Waals surface area contributed by atoms with E-state index in [-0.39, 0.29) is 11.4 Å². The van der Waals surface area contributed by atoms with E-state index in [1.807, 2.05) is 11.6 Å². The highest BCUT2D eigenvalue weighted by atomic mass is 32.2. The third-order valence-corrected chi connectivity index (χ3v) is 7.03. The number of carboxylic acid groups (broad SMARTS) is 1. The molecular weight excluding hydrogens is 435 g/mol. The number of halogens is 3. The SMILES string of the molecule is CCS(=O)(=O)NCCC1CCOC12CN(Cc1nccs1)C2.O=C(O)C(F)(F)F. The van der Waals surface area contributed by atoms with Crippen molar-refractivity contribution in [1.82, 2.24) is 14.6 Å². The zero-order chi connectivity index (χ0) is 21.7. The number of hydrogen-bond acceptors (Lipinski definition) is 7. The lowest BCUT2D eigenvalue weighted by molar-refractivity contribution is -0.192. The molecular formula is C16H24F3N3O5S2. The Balaban J connectivity index is 0.000000370. The topological polar surface area (TPSA) is 109 Å². The Morgan fingerprint density at radius 3 is 2.66 bits per heavy atom. The normalized spacial score (nSPS) is 21.4. The van der Waals surface area contributed by atoms with Crippen LogP contribution < -0.4 is 4.72 Å². The highest BCUT2D eigenvalue weighted by Crippen LogP contribution is 2.42. The van der Waals surface area contributed by atoms with E-state index in [0.717, 1.165) is 44.1 Å². The molecule has 0 bridgehead atoms. The Morgan fingerprint density at radius 2 is 2.14 bits per heavy atom. The van der Waals surface area contributed by atoms with E-state index < -0.39 is 22.2 Å². The van der Waals surface area contributed by atoms with Gasteiger partial charge in [-0.3, -0.25) is 4.90 Å². The van der Waals surface area contributed by atoms with Crippen molar-refractivity contribution in [2.45, 2.75) is 38.1 Å². The van der Waals surface area contributed by atoms with E-state index in [9.17, 15) is 21.6 Å². The molecule has 3 rings (SSSR count). The van der Waals surface area contributed by atoms with Crippen LogP contribution in [0.3, 0.4) is 0 Å². The van der Waals surface area contributed by atoms with Crippen molar-refractivity contribution in [1.29, 1.82) is 0 Å². The summed E-state index contributed by atoms with van der Waals surface area (Å²) in [6.07, 6.45) is -1.37. The first kappa shape index (κ1) is 24.0. The fourth-order valence-electron chi connectivity index (χ4n) is 3.38. The number of thiazole rings is 1. The molecule has 13 heteroatoms. The lowest BCUT2D eigenvalue weighted by Gasteiger charge is -2.50. The number of ether oxygens (including phenoxy) is 1. The lowest BCUT2D eigenvalue weighted by Crippen LogP contribution is -2.64. The Kier molecular flexibility index (Phi) is 8.01. The largest absolute Gasteiger partial charge is 0.490 e. The van der Waals surface area contributed by atoms with Gasteiger partial charge in [0.15, 0.2) is 0 Å². The standard InChI is InChI=1S/C14H23N3O3S2.C2HF3O2/c1-2-22(18,19)16-5-3-12-4-7-20-14(12)10-17(11-14)9-13-15-6-8-21-13;3-2(4,5)1(6)7/h6,8,12,16H,2-5,7,9-11H2,1H3;(H,6,7). The number of hydrogen-bond donors (Lipinski definition) is 2. The molecule has 1 atom stereocenters. The lowest BCUT2D eigenvalue weighted by atomic mass is 9.79. The summed E-state index contributed by atoms with van der Waals surface area (Å²) >= 11 is 1.68. The Labute approximate surface area is 171 Å². The Hall–Kier alpha value is -1.28. The van der Waals surface area contributed by atoms with Gasteiger partial charge in [0, 0.05) is 37.8 Å². The minimum absolute atomic E-state index is 0.0606. The second-order valence-corrected chi connectivity index (χ2v) is 9.93.